The molecule has 0 bridgehead atoms. The summed E-state index contributed by atoms with van der Waals surface area (Å²) in [5.41, 5.74) is 0.724. The zero-order chi connectivity index (χ0) is 15.9. The molecule has 5 heteroatoms. The molecule has 116 valence electrons. The molecule has 0 saturated heterocycles. The van der Waals surface area contributed by atoms with E-state index >= 15 is 0 Å². The van der Waals surface area contributed by atoms with Gasteiger partial charge in [0.05, 0.1) is 7.11 Å². The predicted octanol–water partition coefficient (Wildman–Crippen LogP) is 4.25. The SMILES string of the molecule is CC[C@H](Oc1ccccc1OC)C(=O)Nc1cccc(Br)c1. The van der Waals surface area contributed by atoms with E-state index in [4.69, 9.17) is 9.47 Å². The van der Waals surface area contributed by atoms with Gasteiger partial charge in [0.1, 0.15) is 0 Å². The fourth-order valence-corrected chi connectivity index (χ4v) is 2.38. The number of halogens is 1. The summed E-state index contributed by atoms with van der Waals surface area (Å²) in [7, 11) is 1.57. The van der Waals surface area contributed by atoms with E-state index in [0.29, 0.717) is 17.9 Å². The van der Waals surface area contributed by atoms with Crippen molar-refractivity contribution in [2.45, 2.75) is 19.4 Å². The summed E-state index contributed by atoms with van der Waals surface area (Å²) in [4.78, 5) is 12.4. The van der Waals surface area contributed by atoms with Crippen LogP contribution in [-0.2, 0) is 4.79 Å². The number of carbonyl (C=O) groups excluding carboxylic acids is 1. The minimum absolute atomic E-state index is 0.188. The maximum absolute atomic E-state index is 12.4. The highest BCUT2D eigenvalue weighted by Crippen LogP contribution is 2.27. The normalized spacial score (nSPS) is 11.6. The number of anilines is 1. The molecule has 0 aliphatic heterocycles. The zero-order valence-corrected chi connectivity index (χ0v) is 14.1. The van der Waals surface area contributed by atoms with E-state index in [1.807, 2.05) is 43.3 Å². The van der Waals surface area contributed by atoms with Crippen LogP contribution in [0.25, 0.3) is 0 Å². The van der Waals surface area contributed by atoms with E-state index in [2.05, 4.69) is 21.2 Å². The molecule has 0 radical (unpaired) electrons. The number of hydrogen-bond acceptors (Lipinski definition) is 3. The average Bonchev–Trinajstić information content (AvgIpc) is 2.52. The van der Waals surface area contributed by atoms with Gasteiger partial charge in [-0.3, -0.25) is 4.79 Å². The third-order valence-corrected chi connectivity index (χ3v) is 3.59. The summed E-state index contributed by atoms with van der Waals surface area (Å²) in [5.74, 6) is 0.976. The topological polar surface area (TPSA) is 47.6 Å². The van der Waals surface area contributed by atoms with E-state index in [1.165, 1.54) is 0 Å². The number of carbonyl (C=O) groups is 1. The lowest BCUT2D eigenvalue weighted by atomic mass is 10.2. The molecule has 0 fully saturated rings. The average molecular weight is 364 g/mol. The molecule has 0 spiro atoms. The van der Waals surface area contributed by atoms with Gasteiger partial charge in [-0.1, -0.05) is 41.1 Å². The Morgan fingerprint density at radius 1 is 1.18 bits per heavy atom. The van der Waals surface area contributed by atoms with Crippen LogP contribution in [0.15, 0.2) is 53.0 Å². The monoisotopic (exact) mass is 363 g/mol. The molecule has 0 aliphatic rings. The summed E-state index contributed by atoms with van der Waals surface area (Å²) in [6.45, 7) is 1.90. The Kier molecular flexibility index (Phi) is 5.83. The van der Waals surface area contributed by atoms with Crippen LogP contribution < -0.4 is 14.8 Å². The van der Waals surface area contributed by atoms with Crippen LogP contribution in [0.2, 0.25) is 0 Å². The van der Waals surface area contributed by atoms with Gasteiger partial charge in [0, 0.05) is 10.2 Å². The number of amides is 1. The Balaban J connectivity index is 2.09. The summed E-state index contributed by atoms with van der Waals surface area (Å²) in [6, 6.07) is 14.7. The van der Waals surface area contributed by atoms with Crippen LogP contribution in [-0.4, -0.2) is 19.1 Å². The van der Waals surface area contributed by atoms with Gasteiger partial charge < -0.3 is 14.8 Å². The minimum Gasteiger partial charge on any atom is -0.493 e. The van der Waals surface area contributed by atoms with Crippen LogP contribution in [0.1, 0.15) is 13.3 Å². The smallest absolute Gasteiger partial charge is 0.265 e. The van der Waals surface area contributed by atoms with Crippen molar-refractivity contribution in [3.8, 4) is 11.5 Å². The number of rotatable bonds is 6. The molecule has 0 saturated carbocycles. The van der Waals surface area contributed by atoms with E-state index in [-0.39, 0.29) is 5.91 Å². The van der Waals surface area contributed by atoms with Crippen molar-refractivity contribution >= 4 is 27.5 Å². The van der Waals surface area contributed by atoms with Gasteiger partial charge >= 0.3 is 0 Å². The molecule has 0 heterocycles. The molecule has 22 heavy (non-hydrogen) atoms. The first-order valence-electron chi connectivity index (χ1n) is 7.00. The quantitative estimate of drug-likeness (QED) is 0.834. The number of nitrogens with one attached hydrogen (secondary N) is 1. The first kappa shape index (κ1) is 16.4. The van der Waals surface area contributed by atoms with E-state index in [9.17, 15) is 4.79 Å². The van der Waals surface area contributed by atoms with E-state index in [1.54, 1.807) is 19.2 Å². The van der Waals surface area contributed by atoms with Gasteiger partial charge in [-0.05, 0) is 36.8 Å². The van der Waals surface area contributed by atoms with Crippen molar-refractivity contribution in [3.05, 3.63) is 53.0 Å². The lowest BCUT2D eigenvalue weighted by Gasteiger charge is -2.18. The molecule has 0 unspecified atom stereocenters. The van der Waals surface area contributed by atoms with E-state index < -0.39 is 6.10 Å². The predicted molar refractivity (Wildman–Crippen MR) is 90.5 cm³/mol. The fourth-order valence-electron chi connectivity index (χ4n) is 1.98. The number of methoxy groups -OCH3 is 1. The molecule has 0 aromatic heterocycles. The van der Waals surface area contributed by atoms with Crippen LogP contribution in [0.3, 0.4) is 0 Å². The second-order valence-corrected chi connectivity index (χ2v) is 5.58. The summed E-state index contributed by atoms with van der Waals surface area (Å²) in [5, 5.41) is 2.86. The Morgan fingerprint density at radius 3 is 2.55 bits per heavy atom. The van der Waals surface area contributed by atoms with Crippen molar-refractivity contribution in [1.82, 2.24) is 0 Å². The maximum atomic E-state index is 12.4. The number of benzene rings is 2. The van der Waals surface area contributed by atoms with Crippen molar-refractivity contribution in [2.24, 2.45) is 0 Å². The molecule has 4 nitrogen and oxygen atoms in total. The van der Waals surface area contributed by atoms with Crippen LogP contribution in [0.5, 0.6) is 11.5 Å². The number of ether oxygens (including phenoxy) is 2. The molecule has 2 aromatic carbocycles. The van der Waals surface area contributed by atoms with Gasteiger partial charge in [-0.15, -0.1) is 0 Å². The number of hydrogen-bond donors (Lipinski definition) is 1. The van der Waals surface area contributed by atoms with Crippen molar-refractivity contribution < 1.29 is 14.3 Å². The molecule has 2 rings (SSSR count). The van der Waals surface area contributed by atoms with Crippen molar-refractivity contribution in [2.75, 3.05) is 12.4 Å². The molecular formula is C17H18BrNO3. The van der Waals surface area contributed by atoms with Gasteiger partial charge in [0.15, 0.2) is 17.6 Å². The Bertz CT molecular complexity index is 645. The lowest BCUT2D eigenvalue weighted by molar-refractivity contribution is -0.122. The van der Waals surface area contributed by atoms with Crippen molar-refractivity contribution in [3.63, 3.8) is 0 Å². The summed E-state index contributed by atoms with van der Waals surface area (Å²) in [6.07, 6.45) is -0.0342. The Labute approximate surface area is 138 Å². The highest BCUT2D eigenvalue weighted by atomic mass is 79.9. The molecular weight excluding hydrogens is 346 g/mol. The standard InChI is InChI=1S/C17H18BrNO3/c1-3-14(22-16-10-5-4-9-15(16)21-2)17(20)19-13-8-6-7-12(18)11-13/h4-11,14H,3H2,1-2H3,(H,19,20)/t14-/m0/s1. The maximum Gasteiger partial charge on any atom is 0.265 e. The van der Waals surface area contributed by atoms with Crippen LogP contribution in [0, 0.1) is 0 Å². The van der Waals surface area contributed by atoms with Gasteiger partial charge in [0.25, 0.3) is 5.91 Å². The number of para-hydroxylation sites is 2. The van der Waals surface area contributed by atoms with Crippen LogP contribution in [0.4, 0.5) is 5.69 Å². The van der Waals surface area contributed by atoms with Crippen molar-refractivity contribution in [1.29, 1.82) is 0 Å². The molecule has 1 N–H and O–H groups in total. The highest BCUT2D eigenvalue weighted by molar-refractivity contribution is 9.10. The minimum atomic E-state index is -0.588. The zero-order valence-electron chi connectivity index (χ0n) is 12.5. The summed E-state index contributed by atoms with van der Waals surface area (Å²) < 4.78 is 11.9. The highest BCUT2D eigenvalue weighted by Gasteiger charge is 2.20. The third kappa shape index (κ3) is 4.24. The molecule has 1 amide bonds. The van der Waals surface area contributed by atoms with Gasteiger partial charge in [-0.2, -0.15) is 0 Å². The second kappa shape index (κ2) is 7.84. The van der Waals surface area contributed by atoms with Gasteiger partial charge in [0.2, 0.25) is 0 Å². The van der Waals surface area contributed by atoms with Crippen LogP contribution >= 0.6 is 15.9 Å². The van der Waals surface area contributed by atoms with E-state index in [0.717, 1.165) is 10.2 Å². The first-order chi connectivity index (χ1) is 10.6. The van der Waals surface area contributed by atoms with Gasteiger partial charge in [-0.25, -0.2) is 0 Å². The Morgan fingerprint density at radius 2 is 1.91 bits per heavy atom. The Hall–Kier alpha value is -2.01. The fraction of sp³-hybridized carbons (Fsp3) is 0.235. The molecule has 1 atom stereocenters. The summed E-state index contributed by atoms with van der Waals surface area (Å²) >= 11 is 3.38. The second-order valence-electron chi connectivity index (χ2n) is 4.67. The first-order valence-corrected chi connectivity index (χ1v) is 7.79. The third-order valence-electron chi connectivity index (χ3n) is 3.09. The molecule has 2 aromatic rings. The largest absolute Gasteiger partial charge is 0.493 e. The lowest BCUT2D eigenvalue weighted by Crippen LogP contribution is -2.32. The molecule has 0 aliphatic carbocycles.